The number of hydrogen-bond acceptors (Lipinski definition) is 8. The number of aliphatic hydroxyl groups excluding tert-OH is 1. The lowest BCUT2D eigenvalue weighted by molar-refractivity contribution is -0.148. The smallest absolute Gasteiger partial charge is 0.314 e. The predicted molar refractivity (Wildman–Crippen MR) is 211 cm³/mol. The summed E-state index contributed by atoms with van der Waals surface area (Å²) in [5.41, 5.74) is 3.14. The molecule has 56 heavy (non-hydrogen) atoms. The van der Waals surface area contributed by atoms with Crippen molar-refractivity contribution >= 4 is 28.7 Å². The third-order valence-corrected chi connectivity index (χ3v) is 10.6. The summed E-state index contributed by atoms with van der Waals surface area (Å²) in [6, 6.07) is 31.9. The van der Waals surface area contributed by atoms with Gasteiger partial charge in [-0.05, 0) is 77.9 Å². The van der Waals surface area contributed by atoms with Crippen LogP contribution >= 0.6 is 0 Å². The van der Waals surface area contributed by atoms with Gasteiger partial charge in [-0.15, -0.1) is 0 Å². The topological polar surface area (TPSA) is 187 Å². The van der Waals surface area contributed by atoms with E-state index in [-0.39, 0.29) is 48.0 Å². The molecule has 0 saturated carbocycles. The molecule has 12 nitrogen and oxygen atoms in total. The van der Waals surface area contributed by atoms with Crippen LogP contribution in [0.15, 0.2) is 108 Å². The molecule has 0 bridgehead atoms. The fourth-order valence-corrected chi connectivity index (χ4v) is 7.41. The second-order valence-electron chi connectivity index (χ2n) is 14.3. The first-order valence-electron chi connectivity index (χ1n) is 18.7. The second-order valence-corrected chi connectivity index (χ2v) is 14.3. The van der Waals surface area contributed by atoms with Crippen LogP contribution in [0.5, 0.6) is 5.75 Å². The highest BCUT2D eigenvalue weighted by atomic mass is 16.4. The molecule has 1 atom stereocenters. The van der Waals surface area contributed by atoms with Crippen molar-refractivity contribution < 1.29 is 29.7 Å². The number of aromatic amines is 1. The average molecular weight is 756 g/mol. The number of carbonyl (C=O) groups is 3. The summed E-state index contributed by atoms with van der Waals surface area (Å²) >= 11 is 0. The van der Waals surface area contributed by atoms with Crippen LogP contribution in [0.3, 0.4) is 0 Å². The molecule has 1 aliphatic rings. The molecule has 6 rings (SSSR count). The molecule has 5 aromatic rings. The lowest BCUT2D eigenvalue weighted by Gasteiger charge is -2.39. The first-order valence-corrected chi connectivity index (χ1v) is 18.7. The van der Waals surface area contributed by atoms with Gasteiger partial charge in [0.15, 0.2) is 0 Å². The SMILES string of the molecule is N#Cc1cccc(CN(CCCNCC(O)c2ccc(O)c3[nH]c(=O)ccc23)C(=O)Cc2ccc(CC(=O)N3CCC(C(=O)O)(c4ccccc4)CC3)cc2)c1. The van der Waals surface area contributed by atoms with Gasteiger partial charge in [0.05, 0.1) is 41.5 Å². The number of nitriles is 1. The molecule has 1 unspecified atom stereocenters. The molecule has 1 saturated heterocycles. The number of likely N-dealkylation sites (tertiary alicyclic amines) is 1. The van der Waals surface area contributed by atoms with Crippen LogP contribution in [0.4, 0.5) is 0 Å². The number of nitrogens with one attached hydrogen (secondary N) is 2. The summed E-state index contributed by atoms with van der Waals surface area (Å²) in [7, 11) is 0. The van der Waals surface area contributed by atoms with E-state index in [2.05, 4.69) is 16.4 Å². The Hall–Kier alpha value is -6.29. The highest BCUT2D eigenvalue weighted by Crippen LogP contribution is 2.36. The van der Waals surface area contributed by atoms with Crippen LogP contribution in [0.2, 0.25) is 0 Å². The lowest BCUT2D eigenvalue weighted by Crippen LogP contribution is -2.49. The third kappa shape index (κ3) is 9.32. The zero-order valence-electron chi connectivity index (χ0n) is 31.0. The van der Waals surface area contributed by atoms with Crippen molar-refractivity contribution in [2.24, 2.45) is 0 Å². The second kappa shape index (κ2) is 17.9. The van der Waals surface area contributed by atoms with Gasteiger partial charge in [-0.2, -0.15) is 5.26 Å². The number of phenols is 1. The molecule has 5 N–H and O–H groups in total. The quantitative estimate of drug-likeness (QED) is 0.0954. The average Bonchev–Trinajstić information content (AvgIpc) is 3.21. The molecule has 0 aliphatic carbocycles. The van der Waals surface area contributed by atoms with Crippen molar-refractivity contribution in [2.75, 3.05) is 32.7 Å². The number of carbonyl (C=O) groups excluding carboxylic acids is 2. The molecular formula is C44H45N5O7. The standard InChI is InChI=1S/C44H45N5O7/c45-27-32-6-4-7-33(24-32)29-49(21-5-20-46-28-38(51)35-14-16-37(50)42-36(35)15-17-39(52)47-42)41(54)26-31-12-10-30(11-13-31)25-40(53)48-22-18-44(19-23-48,43(55)56)34-8-2-1-3-9-34/h1-4,6-17,24,38,46,50-51H,5,18-23,25-26,28-29H2,(H,47,52)(H,55,56). The largest absolute Gasteiger partial charge is 0.506 e. The number of phenolic OH excluding ortho intramolecular Hbond substituents is 1. The van der Waals surface area contributed by atoms with Crippen molar-refractivity contribution in [1.82, 2.24) is 20.1 Å². The maximum absolute atomic E-state index is 13.7. The molecule has 2 heterocycles. The van der Waals surface area contributed by atoms with Gasteiger partial charge in [-0.3, -0.25) is 19.2 Å². The van der Waals surface area contributed by atoms with Crippen LogP contribution in [-0.4, -0.2) is 80.6 Å². The number of pyridine rings is 1. The van der Waals surface area contributed by atoms with Gasteiger partial charge in [0.2, 0.25) is 17.4 Å². The van der Waals surface area contributed by atoms with Crippen LogP contribution in [0.25, 0.3) is 10.9 Å². The van der Waals surface area contributed by atoms with Gasteiger partial charge in [0.25, 0.3) is 0 Å². The minimum Gasteiger partial charge on any atom is -0.506 e. The normalized spacial score (nSPS) is 14.2. The van der Waals surface area contributed by atoms with Gasteiger partial charge in [-0.25, -0.2) is 0 Å². The number of rotatable bonds is 15. The maximum Gasteiger partial charge on any atom is 0.314 e. The highest BCUT2D eigenvalue weighted by Gasteiger charge is 2.43. The Labute approximate surface area is 324 Å². The number of aliphatic carboxylic acids is 1. The molecule has 0 radical (unpaired) electrons. The number of nitrogens with zero attached hydrogens (tertiary/aromatic N) is 3. The zero-order valence-corrected chi connectivity index (χ0v) is 31.0. The summed E-state index contributed by atoms with van der Waals surface area (Å²) < 4.78 is 0. The lowest BCUT2D eigenvalue weighted by atomic mass is 9.73. The Balaban J connectivity index is 1.03. The van der Waals surface area contributed by atoms with Crippen LogP contribution in [0, 0.1) is 11.3 Å². The first kappa shape index (κ1) is 39.4. The van der Waals surface area contributed by atoms with E-state index in [1.165, 1.54) is 12.1 Å². The molecule has 1 fully saturated rings. The van der Waals surface area contributed by atoms with Crippen LogP contribution < -0.4 is 10.9 Å². The fraction of sp³-hybridized carbons (Fsp3) is 0.295. The number of carboxylic acids is 1. The Morgan fingerprint density at radius 1 is 0.893 bits per heavy atom. The Kier molecular flexibility index (Phi) is 12.6. The number of aromatic hydroxyl groups is 1. The number of aromatic nitrogens is 1. The zero-order chi connectivity index (χ0) is 39.7. The number of fused-ring (bicyclic) bond motifs is 1. The Morgan fingerprint density at radius 2 is 1.61 bits per heavy atom. The number of benzene rings is 4. The number of amides is 2. The van der Waals surface area contributed by atoms with E-state index < -0.39 is 17.5 Å². The number of hydrogen-bond donors (Lipinski definition) is 5. The van der Waals surface area contributed by atoms with Gasteiger partial charge in [0.1, 0.15) is 5.75 Å². The minimum absolute atomic E-state index is 0.0689. The monoisotopic (exact) mass is 755 g/mol. The van der Waals surface area contributed by atoms with E-state index in [1.807, 2.05) is 60.7 Å². The molecule has 12 heteroatoms. The molecule has 288 valence electrons. The summed E-state index contributed by atoms with van der Waals surface area (Å²) in [5.74, 6) is -1.12. The van der Waals surface area contributed by atoms with Crippen molar-refractivity contribution in [2.45, 2.75) is 50.2 Å². The molecule has 0 spiro atoms. The molecule has 1 aliphatic heterocycles. The molecule has 4 aromatic carbocycles. The molecule has 1 aromatic heterocycles. The van der Waals surface area contributed by atoms with E-state index >= 15 is 0 Å². The van der Waals surface area contributed by atoms with Gasteiger partial charge in [0, 0.05) is 44.2 Å². The number of piperidine rings is 1. The van der Waals surface area contributed by atoms with Crippen molar-refractivity contribution in [3.05, 3.63) is 147 Å². The minimum atomic E-state index is -1.01. The van der Waals surface area contributed by atoms with E-state index in [1.54, 1.807) is 40.1 Å². The fourth-order valence-electron chi connectivity index (χ4n) is 7.41. The van der Waals surface area contributed by atoms with E-state index in [4.69, 9.17) is 0 Å². The number of carboxylic acid groups (broad SMARTS) is 1. The summed E-state index contributed by atoms with van der Waals surface area (Å²) in [5, 5.41) is 44.4. The number of H-pyrrole nitrogens is 1. The van der Waals surface area contributed by atoms with E-state index in [9.17, 15) is 39.8 Å². The number of aliphatic hydroxyl groups is 1. The van der Waals surface area contributed by atoms with Crippen molar-refractivity contribution in [1.29, 1.82) is 5.26 Å². The van der Waals surface area contributed by atoms with Gasteiger partial charge < -0.3 is 35.4 Å². The Bertz CT molecular complexity index is 2280. The maximum atomic E-state index is 13.7. The van der Waals surface area contributed by atoms with Crippen molar-refractivity contribution in [3.63, 3.8) is 0 Å². The predicted octanol–water partition coefficient (Wildman–Crippen LogP) is 4.58. The first-order chi connectivity index (χ1) is 27.1. The van der Waals surface area contributed by atoms with E-state index in [0.717, 1.165) is 22.3 Å². The summed E-state index contributed by atoms with van der Waals surface area (Å²) in [6.07, 6.45) is 0.661. The van der Waals surface area contributed by atoms with Crippen LogP contribution in [0.1, 0.15) is 58.7 Å². The van der Waals surface area contributed by atoms with E-state index in [0.29, 0.717) is 68.5 Å². The van der Waals surface area contributed by atoms with Crippen LogP contribution in [-0.2, 0) is 39.2 Å². The van der Waals surface area contributed by atoms with Gasteiger partial charge >= 0.3 is 5.97 Å². The third-order valence-electron chi connectivity index (χ3n) is 10.6. The molecule has 2 amide bonds. The highest BCUT2D eigenvalue weighted by molar-refractivity contribution is 5.87. The molecular weight excluding hydrogens is 711 g/mol. The van der Waals surface area contributed by atoms with Crippen molar-refractivity contribution in [3.8, 4) is 11.8 Å². The Morgan fingerprint density at radius 3 is 2.30 bits per heavy atom. The summed E-state index contributed by atoms with van der Waals surface area (Å²) in [4.78, 5) is 57.2. The van der Waals surface area contributed by atoms with Gasteiger partial charge in [-0.1, -0.05) is 72.8 Å². The summed E-state index contributed by atoms with van der Waals surface area (Å²) in [6.45, 7) is 2.14.